The van der Waals surface area contributed by atoms with E-state index in [0.29, 0.717) is 0 Å². The molecule has 0 aromatic carbocycles. The van der Waals surface area contributed by atoms with Crippen LogP contribution in [0.4, 0.5) is 0 Å². The first-order valence-electron chi connectivity index (χ1n) is 4.12. The lowest BCUT2D eigenvalue weighted by Gasteiger charge is -2.00. The molecule has 0 aromatic rings. The number of carbonyl (C=O) groups excluding carboxylic acids is 1. The largest absolute Gasteiger partial charge is 0.436 e. The van der Waals surface area contributed by atoms with E-state index in [9.17, 15) is 4.79 Å². The number of esters is 1. The number of hydrogen-bond donors (Lipinski definition) is 1. The molecule has 0 saturated heterocycles. The molecule has 0 saturated carbocycles. The Kier molecular flexibility index (Phi) is 6.38. The molecular formula is C7H16N3O4+. The van der Waals surface area contributed by atoms with Crippen molar-refractivity contribution >= 4 is 5.97 Å². The highest BCUT2D eigenvalue weighted by Crippen LogP contribution is 1.87. The van der Waals surface area contributed by atoms with Gasteiger partial charge in [-0.25, -0.2) is 4.84 Å². The fraction of sp³-hybridized carbons (Fsp3) is 0.857. The van der Waals surface area contributed by atoms with Crippen molar-refractivity contribution < 1.29 is 24.2 Å². The van der Waals surface area contributed by atoms with Crippen LogP contribution in [0.1, 0.15) is 20.8 Å². The number of nitrogens with one attached hydrogen (secondary N) is 1. The second kappa shape index (κ2) is 7.07. The Labute approximate surface area is 82.5 Å². The Bertz CT molecular complexity index is 205. The van der Waals surface area contributed by atoms with Crippen LogP contribution in [-0.4, -0.2) is 30.9 Å². The van der Waals surface area contributed by atoms with E-state index in [1.54, 1.807) is 0 Å². The zero-order valence-corrected chi connectivity index (χ0v) is 8.81. The quantitative estimate of drug-likeness (QED) is 0.170. The molecule has 0 aromatic heterocycles. The summed E-state index contributed by atoms with van der Waals surface area (Å²) in [5.41, 5.74) is 2.32. The molecule has 0 aliphatic heterocycles. The average Bonchev–Trinajstić information content (AvgIpc) is 2.09. The molecule has 0 atom stereocenters. The molecule has 0 rings (SSSR count). The zero-order chi connectivity index (χ0) is 11.0. The second-order valence-corrected chi connectivity index (χ2v) is 2.65. The summed E-state index contributed by atoms with van der Waals surface area (Å²) in [4.78, 5) is 20.8. The number of hydrogen-bond acceptors (Lipinski definition) is 5. The molecule has 14 heavy (non-hydrogen) atoms. The van der Waals surface area contributed by atoms with Crippen LogP contribution in [0.3, 0.4) is 0 Å². The van der Waals surface area contributed by atoms with Crippen molar-refractivity contribution in [1.29, 1.82) is 0 Å². The van der Waals surface area contributed by atoms with Crippen molar-refractivity contribution in [2.24, 2.45) is 5.11 Å². The van der Waals surface area contributed by atoms with Gasteiger partial charge in [-0.05, 0) is 13.8 Å². The third-order valence-electron chi connectivity index (χ3n) is 0.973. The molecule has 82 valence electrons. The van der Waals surface area contributed by atoms with E-state index in [1.807, 2.05) is 13.8 Å². The smallest absolute Gasteiger partial charge is 0.304 e. The summed E-state index contributed by atoms with van der Waals surface area (Å²) in [5.74, 6) is -0.420. The Hall–Kier alpha value is -1.37. The average molecular weight is 206 g/mol. The molecule has 0 spiro atoms. The summed E-state index contributed by atoms with van der Waals surface area (Å²) in [5, 5.41) is 3.95. The van der Waals surface area contributed by atoms with Crippen molar-refractivity contribution in [2.75, 3.05) is 13.9 Å². The minimum atomic E-state index is -0.420. The minimum absolute atomic E-state index is 0.0553. The zero-order valence-electron chi connectivity index (χ0n) is 8.81. The van der Waals surface area contributed by atoms with Gasteiger partial charge in [0.05, 0.1) is 0 Å². The highest BCUT2D eigenvalue weighted by Gasteiger charge is 2.07. The number of carbonyl (C=O) groups is 1. The summed E-state index contributed by atoms with van der Waals surface area (Å²) in [6.45, 7) is 4.83. The Balaban J connectivity index is 3.68. The highest BCUT2D eigenvalue weighted by molar-refractivity contribution is 5.65. The van der Waals surface area contributed by atoms with Gasteiger partial charge in [0.15, 0.2) is 7.11 Å². The first-order valence-corrected chi connectivity index (χ1v) is 4.12. The van der Waals surface area contributed by atoms with Crippen LogP contribution in [0.25, 0.3) is 0 Å². The van der Waals surface area contributed by atoms with E-state index >= 15 is 0 Å². The molecule has 0 aliphatic rings. The maximum absolute atomic E-state index is 10.3. The van der Waals surface area contributed by atoms with E-state index in [2.05, 4.69) is 15.4 Å². The van der Waals surface area contributed by atoms with Gasteiger partial charge in [0.2, 0.25) is 11.8 Å². The minimum Gasteiger partial charge on any atom is -0.436 e. The van der Waals surface area contributed by atoms with Crippen LogP contribution in [0, 0.1) is 0 Å². The third kappa shape index (κ3) is 7.29. The molecule has 0 radical (unpaired) electrons. The fourth-order valence-corrected chi connectivity index (χ4v) is 0.512. The van der Waals surface area contributed by atoms with Crippen molar-refractivity contribution in [3.8, 4) is 0 Å². The van der Waals surface area contributed by atoms with Crippen LogP contribution < -0.4 is 5.59 Å². The van der Waals surface area contributed by atoms with Gasteiger partial charge in [0, 0.05) is 17.6 Å². The van der Waals surface area contributed by atoms with Gasteiger partial charge in [0.25, 0.3) is 0 Å². The molecule has 0 bridgehead atoms. The van der Waals surface area contributed by atoms with Crippen LogP contribution in [0.5, 0.6) is 0 Å². The maximum atomic E-state index is 10.3. The number of hydrazine groups is 1. The van der Waals surface area contributed by atoms with Gasteiger partial charge in [0.1, 0.15) is 6.04 Å². The van der Waals surface area contributed by atoms with Gasteiger partial charge in [-0.15, -0.1) is 0 Å². The standard InChI is InChI=1S/C7H16N3O4/c1-6(2)8-10(12-4)9-14-5-13-7(3)11/h6H,5H2,1-4H3,(H,8,9)/q+1. The number of ether oxygens (including phenoxy) is 1. The third-order valence-corrected chi connectivity index (χ3v) is 0.973. The SMILES string of the molecule is CO[N+](=NC(C)C)NOCOC(C)=O. The Morgan fingerprint density at radius 2 is 2.21 bits per heavy atom. The molecule has 1 N–H and O–H groups in total. The van der Waals surface area contributed by atoms with Gasteiger partial charge in [-0.3, -0.25) is 4.79 Å². The van der Waals surface area contributed by atoms with E-state index in [-0.39, 0.29) is 12.8 Å². The van der Waals surface area contributed by atoms with Crippen LogP contribution in [0.15, 0.2) is 5.11 Å². The molecule has 7 heteroatoms. The molecular weight excluding hydrogens is 190 g/mol. The lowest BCUT2D eigenvalue weighted by molar-refractivity contribution is -0.896. The lowest BCUT2D eigenvalue weighted by Crippen LogP contribution is -2.29. The molecule has 0 fully saturated rings. The molecule has 0 heterocycles. The van der Waals surface area contributed by atoms with Gasteiger partial charge in [-0.1, -0.05) is 0 Å². The number of nitrogens with zero attached hydrogens (tertiary/aromatic N) is 2. The van der Waals surface area contributed by atoms with Crippen LogP contribution in [-0.2, 0) is 19.2 Å². The first kappa shape index (κ1) is 12.6. The predicted molar refractivity (Wildman–Crippen MR) is 45.7 cm³/mol. The van der Waals surface area contributed by atoms with Crippen molar-refractivity contribution in [1.82, 2.24) is 5.59 Å². The molecule has 0 amide bonds. The topological polar surface area (TPSA) is 72.2 Å². The normalized spacial score (nSPS) is 11.4. The van der Waals surface area contributed by atoms with Crippen molar-refractivity contribution in [3.63, 3.8) is 0 Å². The predicted octanol–water partition coefficient (Wildman–Crippen LogP) is 0.378. The van der Waals surface area contributed by atoms with Gasteiger partial charge in [-0.2, -0.15) is 4.84 Å². The summed E-state index contributed by atoms with van der Waals surface area (Å²) in [6, 6.07) is 0.0553. The van der Waals surface area contributed by atoms with Crippen molar-refractivity contribution in [3.05, 3.63) is 0 Å². The summed E-state index contributed by atoms with van der Waals surface area (Å²) < 4.78 is 4.49. The van der Waals surface area contributed by atoms with Crippen LogP contribution >= 0.6 is 0 Å². The summed E-state index contributed by atoms with van der Waals surface area (Å²) in [7, 11) is 1.42. The van der Waals surface area contributed by atoms with E-state index < -0.39 is 5.97 Å². The highest BCUT2D eigenvalue weighted by atomic mass is 16.8. The fourth-order valence-electron chi connectivity index (χ4n) is 0.512. The van der Waals surface area contributed by atoms with E-state index in [4.69, 9.17) is 9.68 Å². The molecule has 7 nitrogen and oxygen atoms in total. The molecule has 0 aliphatic carbocycles. The van der Waals surface area contributed by atoms with Crippen molar-refractivity contribution in [2.45, 2.75) is 26.8 Å². The van der Waals surface area contributed by atoms with Gasteiger partial charge >= 0.3 is 5.97 Å². The second-order valence-electron chi connectivity index (χ2n) is 2.65. The summed E-state index contributed by atoms with van der Waals surface area (Å²) in [6.07, 6.45) is 0. The van der Waals surface area contributed by atoms with E-state index in [1.165, 1.54) is 14.0 Å². The monoisotopic (exact) mass is 206 g/mol. The lowest BCUT2D eigenvalue weighted by atomic mass is 10.4. The van der Waals surface area contributed by atoms with E-state index in [0.717, 1.165) is 4.97 Å². The Morgan fingerprint density at radius 1 is 1.57 bits per heavy atom. The first-order chi connectivity index (χ1) is 6.56. The van der Waals surface area contributed by atoms with Gasteiger partial charge < -0.3 is 4.74 Å². The maximum Gasteiger partial charge on any atom is 0.304 e. The number of rotatable bonds is 6. The summed E-state index contributed by atoms with van der Waals surface area (Å²) >= 11 is 0. The van der Waals surface area contributed by atoms with Crippen LogP contribution in [0.2, 0.25) is 0 Å². The Morgan fingerprint density at radius 3 is 2.64 bits per heavy atom. The molecule has 0 unspecified atom stereocenters.